The van der Waals surface area contributed by atoms with Crippen LogP contribution in [0.5, 0.6) is 0 Å². The lowest BCUT2D eigenvalue weighted by molar-refractivity contribution is 0.634. The molecule has 14 heavy (non-hydrogen) atoms. The third-order valence-corrected chi connectivity index (χ3v) is 2.86. The summed E-state index contributed by atoms with van der Waals surface area (Å²) in [5.74, 6) is 0. The summed E-state index contributed by atoms with van der Waals surface area (Å²) in [5.41, 5.74) is -0.542. The van der Waals surface area contributed by atoms with Crippen molar-refractivity contribution in [2.45, 2.75) is 5.03 Å². The average Bonchev–Trinajstić information content (AvgIpc) is 2.20. The van der Waals surface area contributed by atoms with Crippen LogP contribution in [0.15, 0.2) is 14.6 Å². The molecule has 6 heteroatoms. The van der Waals surface area contributed by atoms with Gasteiger partial charge in [0.05, 0.1) is 10.6 Å². The number of nitrogens with one attached hydrogen (secondary N) is 1. The molecule has 1 aromatic rings. The molecular weight excluding hydrogens is 202 g/mol. The van der Waals surface area contributed by atoms with Gasteiger partial charge in [-0.05, 0) is 6.26 Å². The van der Waals surface area contributed by atoms with E-state index in [9.17, 15) is 9.59 Å². The maximum atomic E-state index is 11.5. The minimum atomic E-state index is -0.424. The molecule has 0 aliphatic heterocycles. The van der Waals surface area contributed by atoms with Gasteiger partial charge in [0.15, 0.2) is 0 Å². The summed E-state index contributed by atoms with van der Waals surface area (Å²) in [4.78, 5) is 23.0. The first kappa shape index (κ1) is 10.8. The lowest BCUT2D eigenvalue weighted by Crippen LogP contribution is -2.39. The Hall–Kier alpha value is -1.30. The smallest absolute Gasteiger partial charge is 0.308 e. The molecule has 0 aliphatic carbocycles. The minimum absolute atomic E-state index is 0.252. The Labute approximate surface area is 84.9 Å². The van der Waals surface area contributed by atoms with Gasteiger partial charge in [-0.25, -0.2) is 4.79 Å². The Bertz CT molecular complexity index is 487. The molecule has 0 spiro atoms. The van der Waals surface area contributed by atoms with Crippen molar-refractivity contribution >= 4 is 18.0 Å². The zero-order valence-corrected chi connectivity index (χ0v) is 9.01. The normalized spacial score (nSPS) is 10.2. The molecular formula is C8H11N3O2S. The molecule has 0 amide bonds. The molecule has 76 valence electrons. The van der Waals surface area contributed by atoms with Crippen molar-refractivity contribution in [1.29, 1.82) is 5.41 Å². The Morgan fingerprint density at radius 1 is 1.29 bits per heavy atom. The van der Waals surface area contributed by atoms with E-state index in [1.807, 2.05) is 0 Å². The monoisotopic (exact) mass is 213 g/mol. The van der Waals surface area contributed by atoms with Crippen LogP contribution in [0.1, 0.15) is 5.56 Å². The summed E-state index contributed by atoms with van der Waals surface area (Å²) in [6.07, 6.45) is 2.74. The van der Waals surface area contributed by atoms with E-state index < -0.39 is 5.56 Å². The standard InChI is InChI=1S/C8H11N3O2S/c1-10-6(12)5(4-9)7(14-3)11(2)8(10)13/h4,9H,1-3H3. The third-order valence-electron chi connectivity index (χ3n) is 1.98. The van der Waals surface area contributed by atoms with Crippen molar-refractivity contribution in [3.05, 3.63) is 26.4 Å². The van der Waals surface area contributed by atoms with E-state index in [0.717, 1.165) is 10.8 Å². The lowest BCUT2D eigenvalue weighted by atomic mass is 10.3. The molecule has 0 aromatic carbocycles. The number of hydrogen-bond acceptors (Lipinski definition) is 4. The van der Waals surface area contributed by atoms with Gasteiger partial charge < -0.3 is 5.41 Å². The zero-order chi connectivity index (χ0) is 10.9. The second-order valence-electron chi connectivity index (χ2n) is 2.77. The minimum Gasteiger partial charge on any atom is -0.308 e. The molecule has 1 aromatic heterocycles. The summed E-state index contributed by atoms with van der Waals surface area (Å²) < 4.78 is 2.37. The Morgan fingerprint density at radius 3 is 2.29 bits per heavy atom. The van der Waals surface area contributed by atoms with Gasteiger partial charge in [-0.3, -0.25) is 13.9 Å². The molecule has 0 saturated heterocycles. The Morgan fingerprint density at radius 2 is 1.86 bits per heavy atom. The second kappa shape index (κ2) is 3.83. The molecule has 0 fully saturated rings. The molecule has 0 aliphatic rings. The first-order valence-electron chi connectivity index (χ1n) is 3.89. The molecule has 0 radical (unpaired) electrons. The van der Waals surface area contributed by atoms with Crippen molar-refractivity contribution in [2.24, 2.45) is 14.1 Å². The number of thioether (sulfide) groups is 1. The van der Waals surface area contributed by atoms with E-state index in [1.165, 1.54) is 23.4 Å². The fourth-order valence-corrected chi connectivity index (χ4v) is 1.94. The van der Waals surface area contributed by atoms with E-state index in [-0.39, 0.29) is 11.3 Å². The molecule has 1 N–H and O–H groups in total. The summed E-state index contributed by atoms with van der Waals surface area (Å²) >= 11 is 1.28. The fraction of sp³-hybridized carbons (Fsp3) is 0.375. The lowest BCUT2D eigenvalue weighted by Gasteiger charge is -2.09. The van der Waals surface area contributed by atoms with Gasteiger partial charge in [-0.1, -0.05) is 0 Å². The van der Waals surface area contributed by atoms with E-state index in [4.69, 9.17) is 5.41 Å². The predicted molar refractivity (Wildman–Crippen MR) is 56.6 cm³/mol. The number of aromatic nitrogens is 2. The van der Waals surface area contributed by atoms with Gasteiger partial charge in [0, 0.05) is 20.3 Å². The van der Waals surface area contributed by atoms with Gasteiger partial charge in [-0.2, -0.15) is 0 Å². The van der Waals surface area contributed by atoms with Crippen LogP contribution in [0.25, 0.3) is 0 Å². The Kier molecular flexibility index (Phi) is 2.95. The van der Waals surface area contributed by atoms with Crippen LogP contribution in [-0.4, -0.2) is 21.6 Å². The van der Waals surface area contributed by atoms with E-state index in [1.54, 1.807) is 13.3 Å². The molecule has 0 bridgehead atoms. The predicted octanol–water partition coefficient (Wildman–Crippen LogP) is -0.196. The van der Waals surface area contributed by atoms with Gasteiger partial charge in [0.1, 0.15) is 0 Å². The number of nitrogens with zero attached hydrogens (tertiary/aromatic N) is 2. The van der Waals surface area contributed by atoms with Crippen molar-refractivity contribution in [1.82, 2.24) is 9.13 Å². The van der Waals surface area contributed by atoms with E-state index in [0.29, 0.717) is 5.03 Å². The summed E-state index contributed by atoms with van der Waals surface area (Å²) in [6, 6.07) is 0. The largest absolute Gasteiger partial charge is 0.331 e. The first-order chi connectivity index (χ1) is 6.54. The molecule has 0 unspecified atom stereocenters. The number of rotatable bonds is 2. The van der Waals surface area contributed by atoms with Crippen LogP contribution >= 0.6 is 11.8 Å². The highest BCUT2D eigenvalue weighted by Gasteiger charge is 2.12. The summed E-state index contributed by atoms with van der Waals surface area (Å²) in [5, 5.41) is 7.65. The SMILES string of the molecule is CSc1c(C=N)c(=O)n(C)c(=O)n1C. The maximum Gasteiger partial charge on any atom is 0.331 e. The van der Waals surface area contributed by atoms with E-state index >= 15 is 0 Å². The van der Waals surface area contributed by atoms with Crippen molar-refractivity contribution in [3.8, 4) is 0 Å². The molecule has 5 nitrogen and oxygen atoms in total. The third kappa shape index (κ3) is 1.41. The zero-order valence-electron chi connectivity index (χ0n) is 8.20. The van der Waals surface area contributed by atoms with Gasteiger partial charge >= 0.3 is 5.69 Å². The van der Waals surface area contributed by atoms with Crippen LogP contribution in [0.3, 0.4) is 0 Å². The van der Waals surface area contributed by atoms with Crippen LogP contribution < -0.4 is 11.2 Å². The van der Waals surface area contributed by atoms with Crippen molar-refractivity contribution < 1.29 is 0 Å². The molecule has 1 rings (SSSR count). The first-order valence-corrected chi connectivity index (χ1v) is 5.11. The molecule has 1 heterocycles. The van der Waals surface area contributed by atoms with Crippen LogP contribution in [0, 0.1) is 5.41 Å². The highest BCUT2D eigenvalue weighted by molar-refractivity contribution is 7.98. The van der Waals surface area contributed by atoms with Gasteiger partial charge in [-0.15, -0.1) is 11.8 Å². The van der Waals surface area contributed by atoms with Gasteiger partial charge in [0.2, 0.25) is 0 Å². The van der Waals surface area contributed by atoms with Crippen molar-refractivity contribution in [2.75, 3.05) is 6.26 Å². The van der Waals surface area contributed by atoms with Crippen LogP contribution in [-0.2, 0) is 14.1 Å². The quantitative estimate of drug-likeness (QED) is 0.420. The summed E-state index contributed by atoms with van der Waals surface area (Å²) in [6.45, 7) is 0. The van der Waals surface area contributed by atoms with Gasteiger partial charge in [0.25, 0.3) is 5.56 Å². The fourth-order valence-electron chi connectivity index (χ4n) is 1.22. The van der Waals surface area contributed by atoms with Crippen LogP contribution in [0.2, 0.25) is 0 Å². The molecule has 0 saturated carbocycles. The number of hydrogen-bond donors (Lipinski definition) is 1. The molecule has 0 atom stereocenters. The van der Waals surface area contributed by atoms with Crippen LogP contribution in [0.4, 0.5) is 0 Å². The Balaban J connectivity index is 3.84. The van der Waals surface area contributed by atoms with E-state index in [2.05, 4.69) is 0 Å². The topological polar surface area (TPSA) is 67.8 Å². The highest BCUT2D eigenvalue weighted by Crippen LogP contribution is 2.12. The average molecular weight is 213 g/mol. The highest BCUT2D eigenvalue weighted by atomic mass is 32.2. The summed E-state index contributed by atoms with van der Waals surface area (Å²) in [7, 11) is 2.99. The second-order valence-corrected chi connectivity index (χ2v) is 3.57. The maximum absolute atomic E-state index is 11.5. The van der Waals surface area contributed by atoms with Crippen molar-refractivity contribution in [3.63, 3.8) is 0 Å².